The number of piperidine rings is 1. The van der Waals surface area contributed by atoms with E-state index in [-0.39, 0.29) is 28.7 Å². The third-order valence-corrected chi connectivity index (χ3v) is 12.3. The van der Waals surface area contributed by atoms with Crippen LogP contribution in [0.3, 0.4) is 0 Å². The third-order valence-electron chi connectivity index (χ3n) is 10.7. The molecular weight excluding hydrogens is 456 g/mol. The minimum absolute atomic E-state index is 0.0421. The van der Waals surface area contributed by atoms with Gasteiger partial charge in [-0.1, -0.05) is 32.0 Å². The van der Waals surface area contributed by atoms with Crippen molar-refractivity contribution in [3.8, 4) is 0 Å². The van der Waals surface area contributed by atoms with Crippen LogP contribution in [0.5, 0.6) is 0 Å². The summed E-state index contributed by atoms with van der Waals surface area (Å²) in [5.74, 6) is 2.13. The largest absolute Gasteiger partial charge is 0.352 e. The summed E-state index contributed by atoms with van der Waals surface area (Å²) in [7, 11) is -1.35. The van der Waals surface area contributed by atoms with Gasteiger partial charge < -0.3 is 10.2 Å². The number of fused-ring (bicyclic) bond motifs is 5. The molecule has 6 heteroatoms. The summed E-state index contributed by atoms with van der Waals surface area (Å²) in [5, 5.41) is 2.83. The first-order valence-corrected chi connectivity index (χ1v) is 15.0. The van der Waals surface area contributed by atoms with Crippen molar-refractivity contribution in [3.05, 3.63) is 30.3 Å². The van der Waals surface area contributed by atoms with Gasteiger partial charge in [0.25, 0.3) is 0 Å². The van der Waals surface area contributed by atoms with E-state index in [4.69, 9.17) is 0 Å². The molecule has 1 heterocycles. The summed E-state index contributed by atoms with van der Waals surface area (Å²) in [4.78, 5) is 29.3. The van der Waals surface area contributed by atoms with E-state index < -0.39 is 16.0 Å². The Kier molecular flexibility index (Phi) is 6.65. The number of carbonyl (C=O) groups excluding carboxylic acids is 2. The number of carbonyl (C=O) groups is 2. The number of hydrogen-bond donors (Lipinski definition) is 1. The van der Waals surface area contributed by atoms with Gasteiger partial charge in [0.05, 0.1) is 10.8 Å². The molecule has 35 heavy (non-hydrogen) atoms. The van der Waals surface area contributed by atoms with Crippen LogP contribution in [0.25, 0.3) is 0 Å². The van der Waals surface area contributed by atoms with Gasteiger partial charge in [-0.15, -0.1) is 0 Å². The smallest absolute Gasteiger partial charge is 0.236 e. The maximum Gasteiger partial charge on any atom is 0.236 e. The number of rotatable bonds is 5. The predicted molar refractivity (Wildman–Crippen MR) is 139 cm³/mol. The molecule has 3 unspecified atom stereocenters. The molecule has 4 fully saturated rings. The fraction of sp³-hybridized carbons (Fsp3) is 0.724. The molecule has 4 aliphatic rings. The Labute approximate surface area is 213 Å². The maximum atomic E-state index is 13.5. The van der Waals surface area contributed by atoms with Gasteiger partial charge in [0, 0.05) is 29.9 Å². The standard InChI is InChI=1S/C29H42N2O3S/c1-5-31(6-2)27(33)23-14-13-21-20-12-15-25-29(4,22(20)16-17-28(21,23)3)18-24(26(32)30-25)35(34)19-10-8-7-9-11-19/h7-11,20-25H,5-6,12-18H2,1-4H3,(H,30,32)/t20-,21-,22?,23+,24?,25+,28-,29+,35?/m0/s1. The number of nitrogens with zero attached hydrogens (tertiary/aromatic N) is 1. The van der Waals surface area contributed by atoms with E-state index in [1.54, 1.807) is 0 Å². The molecule has 5 rings (SSSR count). The van der Waals surface area contributed by atoms with Crippen LogP contribution in [0.2, 0.25) is 0 Å². The van der Waals surface area contributed by atoms with Crippen LogP contribution in [-0.2, 0) is 20.4 Å². The van der Waals surface area contributed by atoms with Crippen molar-refractivity contribution < 1.29 is 13.8 Å². The van der Waals surface area contributed by atoms with Gasteiger partial charge in [-0.05, 0) is 99.5 Å². The highest BCUT2D eigenvalue weighted by Gasteiger charge is 2.62. The first-order valence-electron chi connectivity index (χ1n) is 13.8. The molecule has 192 valence electrons. The first kappa shape index (κ1) is 25.0. The highest BCUT2D eigenvalue weighted by atomic mass is 32.2. The molecule has 0 spiro atoms. The van der Waals surface area contributed by atoms with E-state index in [1.807, 2.05) is 35.2 Å². The third kappa shape index (κ3) is 3.89. The Morgan fingerprint density at radius 1 is 1.00 bits per heavy atom. The number of nitrogens with one attached hydrogen (secondary N) is 1. The molecule has 3 saturated carbocycles. The van der Waals surface area contributed by atoms with Crippen molar-refractivity contribution in [3.63, 3.8) is 0 Å². The molecule has 1 aliphatic heterocycles. The summed E-state index contributed by atoms with van der Waals surface area (Å²) in [6, 6.07) is 9.63. The summed E-state index contributed by atoms with van der Waals surface area (Å²) in [6.45, 7) is 10.5. The topological polar surface area (TPSA) is 66.5 Å². The predicted octanol–water partition coefficient (Wildman–Crippen LogP) is 4.78. The van der Waals surface area contributed by atoms with Crippen LogP contribution in [0, 0.1) is 34.5 Å². The molecule has 9 atom stereocenters. The lowest BCUT2D eigenvalue weighted by atomic mass is 9.47. The molecule has 1 N–H and O–H groups in total. The van der Waals surface area contributed by atoms with E-state index >= 15 is 0 Å². The average molecular weight is 499 g/mol. The van der Waals surface area contributed by atoms with Crippen LogP contribution in [0.1, 0.15) is 72.6 Å². The Morgan fingerprint density at radius 3 is 2.37 bits per heavy atom. The van der Waals surface area contributed by atoms with Crippen LogP contribution < -0.4 is 5.32 Å². The van der Waals surface area contributed by atoms with Gasteiger partial charge in [-0.2, -0.15) is 0 Å². The molecule has 0 aromatic heterocycles. The lowest BCUT2D eigenvalue weighted by molar-refractivity contribution is -0.147. The molecule has 1 aromatic rings. The second-order valence-electron chi connectivity index (χ2n) is 12.0. The lowest BCUT2D eigenvalue weighted by Crippen LogP contribution is -2.65. The molecular formula is C29H42N2O3S. The van der Waals surface area contributed by atoms with Crippen LogP contribution in [-0.4, -0.2) is 45.3 Å². The second kappa shape index (κ2) is 9.32. The van der Waals surface area contributed by atoms with Crippen LogP contribution >= 0.6 is 0 Å². The summed E-state index contributed by atoms with van der Waals surface area (Å²) >= 11 is 0. The molecule has 0 bridgehead atoms. The zero-order chi connectivity index (χ0) is 25.0. The molecule has 0 radical (unpaired) electrons. The Hall–Kier alpha value is -1.69. The maximum absolute atomic E-state index is 13.5. The molecule has 1 saturated heterocycles. The van der Waals surface area contributed by atoms with Gasteiger partial charge in [0.1, 0.15) is 5.25 Å². The highest BCUT2D eigenvalue weighted by Crippen LogP contribution is 2.65. The Bertz CT molecular complexity index is 995. The van der Waals surface area contributed by atoms with Gasteiger partial charge in [0.15, 0.2) is 0 Å². The second-order valence-corrected chi connectivity index (χ2v) is 13.6. The molecule has 2 amide bonds. The van der Waals surface area contributed by atoms with Gasteiger partial charge in [0.2, 0.25) is 11.8 Å². The van der Waals surface area contributed by atoms with E-state index in [0.29, 0.717) is 30.1 Å². The number of benzene rings is 1. The number of hydrogen-bond acceptors (Lipinski definition) is 3. The number of amides is 2. The molecule has 5 nitrogen and oxygen atoms in total. The zero-order valence-corrected chi connectivity index (χ0v) is 22.6. The summed E-state index contributed by atoms with van der Waals surface area (Å²) < 4.78 is 13.5. The Morgan fingerprint density at radius 2 is 1.69 bits per heavy atom. The molecule has 1 aromatic carbocycles. The van der Waals surface area contributed by atoms with Gasteiger partial charge >= 0.3 is 0 Å². The first-order chi connectivity index (χ1) is 16.7. The van der Waals surface area contributed by atoms with Crippen LogP contribution in [0.15, 0.2) is 35.2 Å². The van der Waals surface area contributed by atoms with Gasteiger partial charge in [-0.25, -0.2) is 0 Å². The summed E-state index contributed by atoms with van der Waals surface area (Å²) in [5.41, 5.74) is 0.0302. The van der Waals surface area contributed by atoms with Crippen molar-refractivity contribution in [2.45, 2.75) is 88.8 Å². The lowest BCUT2D eigenvalue weighted by Gasteiger charge is -2.60. The Balaban J connectivity index is 1.39. The van der Waals surface area contributed by atoms with E-state index in [1.165, 1.54) is 0 Å². The van der Waals surface area contributed by atoms with E-state index in [0.717, 1.165) is 56.5 Å². The fourth-order valence-electron chi connectivity index (χ4n) is 8.80. The highest BCUT2D eigenvalue weighted by molar-refractivity contribution is 7.86. The van der Waals surface area contributed by atoms with Crippen LogP contribution in [0.4, 0.5) is 0 Å². The quantitative estimate of drug-likeness (QED) is 0.635. The minimum Gasteiger partial charge on any atom is -0.352 e. The van der Waals surface area contributed by atoms with E-state index in [2.05, 4.69) is 33.0 Å². The fourth-order valence-corrected chi connectivity index (χ4v) is 10.3. The van der Waals surface area contributed by atoms with Crippen molar-refractivity contribution >= 4 is 22.6 Å². The minimum atomic E-state index is -1.35. The molecule has 3 aliphatic carbocycles. The monoisotopic (exact) mass is 498 g/mol. The van der Waals surface area contributed by atoms with Crippen molar-refractivity contribution in [1.29, 1.82) is 0 Å². The van der Waals surface area contributed by atoms with E-state index in [9.17, 15) is 13.8 Å². The van der Waals surface area contributed by atoms with Crippen molar-refractivity contribution in [2.75, 3.05) is 13.1 Å². The van der Waals surface area contributed by atoms with Crippen molar-refractivity contribution in [2.24, 2.45) is 34.5 Å². The van der Waals surface area contributed by atoms with Crippen molar-refractivity contribution in [1.82, 2.24) is 10.2 Å². The van der Waals surface area contributed by atoms with Gasteiger partial charge in [-0.3, -0.25) is 13.8 Å². The average Bonchev–Trinajstić information content (AvgIpc) is 3.22. The summed E-state index contributed by atoms with van der Waals surface area (Å²) in [6.07, 6.45) is 7.16. The normalized spacial score (nSPS) is 41.2. The zero-order valence-electron chi connectivity index (χ0n) is 21.8. The SMILES string of the molecule is CCN(CC)C(=O)[C@H]1CC[C@H]2[C@@H]3CC[C@H]4NC(=O)C(S(=O)c5ccccc5)C[C@]4(C)C3CC[C@]12C.